The van der Waals surface area contributed by atoms with Gasteiger partial charge in [0, 0.05) is 11.8 Å². The minimum Gasteiger partial charge on any atom is -0.461 e. The van der Waals surface area contributed by atoms with Gasteiger partial charge in [0.05, 0.1) is 0 Å². The molecule has 0 aliphatic carbocycles. The number of aliphatic hydroxyl groups excluding tert-OH is 1. The third-order valence-electron chi connectivity index (χ3n) is 5.68. The number of aromatic amines is 1. The number of ether oxygens (including phenoxy) is 4. The van der Waals surface area contributed by atoms with Crippen LogP contribution < -0.4 is 10.5 Å². The summed E-state index contributed by atoms with van der Waals surface area (Å²) in [6.45, 7) is 2.97. The lowest BCUT2D eigenvalue weighted by molar-refractivity contribution is -0.278. The molecule has 0 amide bonds. The number of phosphoric acid groups is 1. The molecule has 1 aromatic carbocycles. The number of aliphatic hydroxyl groups is 1. The number of nitrogens with two attached hydrogens (primary N) is 1. The van der Waals surface area contributed by atoms with Crippen LogP contribution in [0.1, 0.15) is 29.9 Å². The lowest BCUT2D eigenvalue weighted by atomic mass is 9.99. The number of H-pyrrole nitrogens is 1. The van der Waals surface area contributed by atoms with E-state index in [0.717, 1.165) is 5.56 Å². The molecular formula is C24H31N2O11P. The van der Waals surface area contributed by atoms with Gasteiger partial charge in [0.1, 0.15) is 36.4 Å². The molecule has 0 radical (unpaired) electrons. The van der Waals surface area contributed by atoms with E-state index >= 15 is 0 Å². The Morgan fingerprint density at radius 2 is 1.89 bits per heavy atom. The van der Waals surface area contributed by atoms with Crippen LogP contribution in [-0.4, -0.2) is 75.7 Å². The van der Waals surface area contributed by atoms with Crippen molar-refractivity contribution < 1.29 is 52.5 Å². The van der Waals surface area contributed by atoms with Crippen LogP contribution in [0.5, 0.6) is 5.75 Å². The largest absolute Gasteiger partial charge is 0.470 e. The second-order valence-corrected chi connectivity index (χ2v) is 9.61. The van der Waals surface area contributed by atoms with Gasteiger partial charge in [-0.25, -0.2) is 14.2 Å². The Hall–Kier alpha value is -3.03. The number of allylic oxidation sites excluding steroid dienone is 1. The van der Waals surface area contributed by atoms with Crippen molar-refractivity contribution in [2.45, 2.75) is 51.0 Å². The predicted octanol–water partition coefficient (Wildman–Crippen LogP) is 1.19. The normalized spacial score (nSPS) is 24.1. The fraction of sp³-hybridized carbons (Fsp3) is 0.417. The van der Waals surface area contributed by atoms with Crippen molar-refractivity contribution in [3.8, 4) is 5.75 Å². The molecule has 0 unspecified atom stereocenters. The SMILES string of the molecule is C/C=C(\C)C(=O)O[C@H]1[C@H](Oc2ccc(CCN)cc2)O[C@H](COC(=O)c2ccc[nH]2)[C@@H](O)[C@@H]1OP(=O)(O)O. The van der Waals surface area contributed by atoms with Crippen LogP contribution in [-0.2, 0) is 34.5 Å². The first-order chi connectivity index (χ1) is 18.0. The van der Waals surface area contributed by atoms with Gasteiger partial charge in [0.15, 0.2) is 6.10 Å². The Kier molecular flexibility index (Phi) is 10.2. The number of carbonyl (C=O) groups is 2. The summed E-state index contributed by atoms with van der Waals surface area (Å²) >= 11 is 0. The summed E-state index contributed by atoms with van der Waals surface area (Å²) in [5, 5.41) is 10.9. The highest BCUT2D eigenvalue weighted by atomic mass is 31.2. The number of phosphoric ester groups is 1. The summed E-state index contributed by atoms with van der Waals surface area (Å²) in [5.74, 6) is -1.35. The maximum Gasteiger partial charge on any atom is 0.470 e. The molecule has 0 spiro atoms. The lowest BCUT2D eigenvalue weighted by Crippen LogP contribution is -2.62. The van der Waals surface area contributed by atoms with Crippen LogP contribution >= 0.6 is 7.82 Å². The summed E-state index contributed by atoms with van der Waals surface area (Å²) in [4.78, 5) is 46.6. The molecule has 208 valence electrons. The van der Waals surface area contributed by atoms with E-state index in [9.17, 15) is 29.0 Å². The van der Waals surface area contributed by atoms with Crippen LogP contribution in [0.4, 0.5) is 0 Å². The fourth-order valence-corrected chi connectivity index (χ4v) is 4.15. The second kappa shape index (κ2) is 13.2. The first kappa shape index (κ1) is 29.5. The van der Waals surface area contributed by atoms with E-state index in [1.54, 1.807) is 37.3 Å². The van der Waals surface area contributed by atoms with E-state index in [1.807, 2.05) is 0 Å². The molecular weight excluding hydrogens is 523 g/mol. The summed E-state index contributed by atoms with van der Waals surface area (Å²) < 4.78 is 39.0. The smallest absolute Gasteiger partial charge is 0.461 e. The number of nitrogens with one attached hydrogen (secondary N) is 1. The summed E-state index contributed by atoms with van der Waals surface area (Å²) in [6, 6.07) is 9.78. The van der Waals surface area contributed by atoms with Crippen molar-refractivity contribution in [2.75, 3.05) is 13.2 Å². The molecule has 0 saturated carbocycles. The molecule has 1 aliphatic rings. The van der Waals surface area contributed by atoms with Crippen molar-refractivity contribution in [2.24, 2.45) is 5.73 Å². The van der Waals surface area contributed by atoms with Crippen LogP contribution in [0.3, 0.4) is 0 Å². The van der Waals surface area contributed by atoms with Gasteiger partial charge < -0.3 is 44.6 Å². The molecule has 2 aromatic rings. The predicted molar refractivity (Wildman–Crippen MR) is 132 cm³/mol. The van der Waals surface area contributed by atoms with Gasteiger partial charge in [-0.2, -0.15) is 0 Å². The van der Waals surface area contributed by atoms with Gasteiger partial charge in [-0.05, 0) is 56.6 Å². The van der Waals surface area contributed by atoms with Gasteiger partial charge in [-0.15, -0.1) is 0 Å². The summed E-state index contributed by atoms with van der Waals surface area (Å²) in [7, 11) is -5.21. The Morgan fingerprint density at radius 3 is 2.47 bits per heavy atom. The highest BCUT2D eigenvalue weighted by Gasteiger charge is 2.52. The van der Waals surface area contributed by atoms with E-state index in [4.69, 9.17) is 29.2 Å². The molecule has 0 bridgehead atoms. The molecule has 1 aliphatic heterocycles. The molecule has 38 heavy (non-hydrogen) atoms. The molecule has 13 nitrogen and oxygen atoms in total. The monoisotopic (exact) mass is 554 g/mol. The van der Waals surface area contributed by atoms with Crippen molar-refractivity contribution in [3.05, 3.63) is 65.5 Å². The molecule has 2 heterocycles. The zero-order chi connectivity index (χ0) is 27.9. The maximum absolute atomic E-state index is 12.6. The lowest BCUT2D eigenvalue weighted by Gasteiger charge is -2.43. The van der Waals surface area contributed by atoms with Crippen molar-refractivity contribution in [1.29, 1.82) is 0 Å². The first-order valence-corrected chi connectivity index (χ1v) is 13.2. The number of aromatic nitrogens is 1. The van der Waals surface area contributed by atoms with Crippen LogP contribution in [0.2, 0.25) is 0 Å². The van der Waals surface area contributed by atoms with E-state index in [2.05, 4.69) is 4.98 Å². The Morgan fingerprint density at radius 1 is 1.18 bits per heavy atom. The number of hydrogen-bond acceptors (Lipinski definition) is 10. The molecule has 1 fully saturated rings. The van der Waals surface area contributed by atoms with E-state index in [1.165, 1.54) is 25.3 Å². The van der Waals surface area contributed by atoms with Crippen LogP contribution in [0.25, 0.3) is 0 Å². The van der Waals surface area contributed by atoms with Crippen LogP contribution in [0, 0.1) is 0 Å². The molecule has 1 saturated heterocycles. The summed E-state index contributed by atoms with van der Waals surface area (Å²) in [5.41, 5.74) is 6.83. The van der Waals surface area contributed by atoms with E-state index < -0.39 is 57.1 Å². The fourth-order valence-electron chi connectivity index (χ4n) is 3.59. The Bertz CT molecular complexity index is 1150. The number of benzene rings is 1. The quantitative estimate of drug-likeness (QED) is 0.151. The Balaban J connectivity index is 1.90. The third kappa shape index (κ3) is 7.98. The zero-order valence-electron chi connectivity index (χ0n) is 20.8. The van der Waals surface area contributed by atoms with Gasteiger partial charge in [0.25, 0.3) is 0 Å². The van der Waals surface area contributed by atoms with Gasteiger partial charge in [-0.3, -0.25) is 4.52 Å². The summed E-state index contributed by atoms with van der Waals surface area (Å²) in [6.07, 6.45) is -4.51. The number of rotatable bonds is 11. The standard InChI is InChI=1S/C24H31N2O11P/c1-3-14(2)22(28)36-21-20(37-38(30,31)32)19(27)18(13-33-23(29)17-5-4-12-26-17)35-24(21)34-16-8-6-15(7-9-16)10-11-25/h3-9,12,18-21,24,26-27H,10-11,13,25H2,1-2H3,(H2,30,31,32)/b14-3+/t18-,19-,20+,21-,24-/m1/s1. The third-order valence-corrected chi connectivity index (χ3v) is 6.20. The second-order valence-electron chi connectivity index (χ2n) is 8.42. The van der Waals surface area contributed by atoms with Crippen molar-refractivity contribution in [1.82, 2.24) is 4.98 Å². The molecule has 3 rings (SSSR count). The van der Waals surface area contributed by atoms with Gasteiger partial charge >= 0.3 is 19.8 Å². The minimum absolute atomic E-state index is 0.136. The molecule has 6 N–H and O–H groups in total. The number of hydrogen-bond donors (Lipinski definition) is 5. The minimum atomic E-state index is -5.21. The number of carbonyl (C=O) groups excluding carboxylic acids is 2. The van der Waals surface area contributed by atoms with Gasteiger partial charge in [0.2, 0.25) is 6.29 Å². The average Bonchev–Trinajstić information content (AvgIpc) is 3.42. The van der Waals surface area contributed by atoms with E-state index in [-0.39, 0.29) is 17.0 Å². The first-order valence-electron chi connectivity index (χ1n) is 11.7. The number of esters is 2. The molecule has 1 aromatic heterocycles. The highest BCUT2D eigenvalue weighted by molar-refractivity contribution is 7.46. The van der Waals surface area contributed by atoms with Crippen molar-refractivity contribution >= 4 is 19.8 Å². The Labute approximate surface area is 218 Å². The molecule has 14 heteroatoms. The topological polar surface area (TPSA) is 200 Å². The highest BCUT2D eigenvalue weighted by Crippen LogP contribution is 2.42. The zero-order valence-corrected chi connectivity index (χ0v) is 21.7. The van der Waals surface area contributed by atoms with Gasteiger partial charge in [-0.1, -0.05) is 18.2 Å². The average molecular weight is 554 g/mol. The van der Waals surface area contributed by atoms with Crippen LogP contribution in [0.15, 0.2) is 54.2 Å². The maximum atomic E-state index is 12.6. The van der Waals surface area contributed by atoms with Crippen molar-refractivity contribution in [3.63, 3.8) is 0 Å². The van der Waals surface area contributed by atoms with E-state index in [0.29, 0.717) is 13.0 Å². The molecule has 5 atom stereocenters.